The molecule has 0 aliphatic rings. The van der Waals surface area contributed by atoms with Crippen LogP contribution in [0.5, 0.6) is 0 Å². The molecule has 2 rings (SSSR count). The van der Waals surface area contributed by atoms with Crippen molar-refractivity contribution >= 4 is 33.3 Å². The molecule has 0 aliphatic carbocycles. The summed E-state index contributed by atoms with van der Waals surface area (Å²) in [5, 5.41) is 4.12. The van der Waals surface area contributed by atoms with E-state index in [2.05, 4.69) is 21.0 Å². The van der Waals surface area contributed by atoms with Crippen LogP contribution in [0, 0.1) is 5.82 Å². The molecule has 3 nitrogen and oxygen atoms in total. The average Bonchev–Trinajstić information content (AvgIpc) is 2.74. The molecule has 0 aliphatic heterocycles. The van der Waals surface area contributed by atoms with Crippen LogP contribution in [0.1, 0.15) is 35.9 Å². The maximum atomic E-state index is 13.4. The standard InChI is InChI=1S/C13H11BrClFN2O/c1-7(2)18-12(9(14)6-17-18)13(19)8-3-4-10(15)11(16)5-8/h3-7H,1-2H3. The minimum absolute atomic E-state index is 0.00650. The Morgan fingerprint density at radius 3 is 2.74 bits per heavy atom. The van der Waals surface area contributed by atoms with Gasteiger partial charge in [-0.05, 0) is 48.0 Å². The van der Waals surface area contributed by atoms with Crippen molar-refractivity contribution in [1.82, 2.24) is 9.78 Å². The van der Waals surface area contributed by atoms with Crippen LogP contribution in [0.2, 0.25) is 5.02 Å². The van der Waals surface area contributed by atoms with Crippen LogP contribution in [0.3, 0.4) is 0 Å². The average molecular weight is 346 g/mol. The lowest BCUT2D eigenvalue weighted by Crippen LogP contribution is -2.14. The smallest absolute Gasteiger partial charge is 0.212 e. The molecule has 0 saturated heterocycles. The SMILES string of the molecule is CC(C)n1ncc(Br)c1C(=O)c1ccc(Cl)c(F)c1. The molecule has 1 aromatic heterocycles. The van der Waals surface area contributed by atoms with E-state index in [0.29, 0.717) is 10.2 Å². The number of hydrogen-bond acceptors (Lipinski definition) is 2. The van der Waals surface area contributed by atoms with E-state index < -0.39 is 5.82 Å². The molecule has 6 heteroatoms. The van der Waals surface area contributed by atoms with E-state index in [4.69, 9.17) is 11.6 Å². The summed E-state index contributed by atoms with van der Waals surface area (Å²) in [6.45, 7) is 3.83. The Bertz CT molecular complexity index is 640. The third-order valence-electron chi connectivity index (χ3n) is 2.64. The fourth-order valence-corrected chi connectivity index (χ4v) is 2.29. The first-order chi connectivity index (χ1) is 8.91. The molecule has 0 spiro atoms. The summed E-state index contributed by atoms with van der Waals surface area (Å²) in [6.07, 6.45) is 1.56. The molecule has 0 amide bonds. The predicted octanol–water partition coefficient (Wildman–Crippen LogP) is 4.25. The van der Waals surface area contributed by atoms with E-state index in [0.717, 1.165) is 6.07 Å². The van der Waals surface area contributed by atoms with Gasteiger partial charge in [-0.1, -0.05) is 11.6 Å². The third kappa shape index (κ3) is 2.72. The monoisotopic (exact) mass is 344 g/mol. The van der Waals surface area contributed by atoms with E-state index in [1.54, 1.807) is 10.9 Å². The summed E-state index contributed by atoms with van der Waals surface area (Å²) < 4.78 is 15.6. The number of rotatable bonds is 3. The van der Waals surface area contributed by atoms with Gasteiger partial charge in [-0.15, -0.1) is 0 Å². The van der Waals surface area contributed by atoms with Crippen LogP contribution in [0.4, 0.5) is 4.39 Å². The zero-order chi connectivity index (χ0) is 14.2. The number of benzene rings is 1. The number of halogens is 3. The molecular formula is C13H11BrClFN2O. The first-order valence-corrected chi connectivity index (χ1v) is 6.81. The molecular weight excluding hydrogens is 335 g/mol. The summed E-state index contributed by atoms with van der Waals surface area (Å²) in [5.41, 5.74) is 0.640. The van der Waals surface area contributed by atoms with Crippen molar-refractivity contribution < 1.29 is 9.18 Å². The van der Waals surface area contributed by atoms with E-state index in [1.807, 2.05) is 13.8 Å². The Labute approximate surface area is 123 Å². The molecule has 1 heterocycles. The van der Waals surface area contributed by atoms with E-state index >= 15 is 0 Å². The summed E-state index contributed by atoms with van der Waals surface area (Å²) >= 11 is 8.90. The van der Waals surface area contributed by atoms with Crippen molar-refractivity contribution in [1.29, 1.82) is 0 Å². The molecule has 0 fully saturated rings. The van der Waals surface area contributed by atoms with Gasteiger partial charge in [0.05, 0.1) is 15.7 Å². The first-order valence-electron chi connectivity index (χ1n) is 5.64. The fraction of sp³-hybridized carbons (Fsp3) is 0.231. The lowest BCUT2D eigenvalue weighted by Gasteiger charge is -2.10. The molecule has 0 bridgehead atoms. The fourth-order valence-electron chi connectivity index (χ4n) is 1.72. The van der Waals surface area contributed by atoms with Crippen LogP contribution in [0.25, 0.3) is 0 Å². The number of carbonyl (C=O) groups excluding carboxylic acids is 1. The van der Waals surface area contributed by atoms with Crippen molar-refractivity contribution in [3.05, 3.63) is 51.0 Å². The van der Waals surface area contributed by atoms with Gasteiger partial charge in [0.1, 0.15) is 11.5 Å². The normalized spacial score (nSPS) is 11.1. The molecule has 0 unspecified atom stereocenters. The molecule has 0 radical (unpaired) electrons. The topological polar surface area (TPSA) is 34.9 Å². The second kappa shape index (κ2) is 5.43. The number of nitrogens with zero attached hydrogens (tertiary/aromatic N) is 2. The van der Waals surface area contributed by atoms with Gasteiger partial charge in [-0.25, -0.2) is 4.39 Å². The minimum atomic E-state index is -0.612. The number of hydrogen-bond donors (Lipinski definition) is 0. The number of carbonyl (C=O) groups is 1. The van der Waals surface area contributed by atoms with Gasteiger partial charge in [-0.2, -0.15) is 5.10 Å². The maximum Gasteiger partial charge on any atom is 0.212 e. The highest BCUT2D eigenvalue weighted by Gasteiger charge is 2.21. The zero-order valence-electron chi connectivity index (χ0n) is 10.3. The van der Waals surface area contributed by atoms with Gasteiger partial charge in [0, 0.05) is 11.6 Å². The first kappa shape index (κ1) is 14.2. The van der Waals surface area contributed by atoms with E-state index in [9.17, 15) is 9.18 Å². The molecule has 1 aromatic carbocycles. The summed E-state index contributed by atoms with van der Waals surface area (Å²) in [6, 6.07) is 4.03. The van der Waals surface area contributed by atoms with E-state index in [1.165, 1.54) is 12.1 Å². The quantitative estimate of drug-likeness (QED) is 0.780. The minimum Gasteiger partial charge on any atom is -0.287 e. The van der Waals surface area contributed by atoms with Crippen LogP contribution in [-0.2, 0) is 0 Å². The largest absolute Gasteiger partial charge is 0.287 e. The number of aromatic nitrogens is 2. The number of ketones is 1. The lowest BCUT2D eigenvalue weighted by atomic mass is 10.1. The van der Waals surface area contributed by atoms with E-state index in [-0.39, 0.29) is 22.4 Å². The van der Waals surface area contributed by atoms with Crippen molar-refractivity contribution in [3.8, 4) is 0 Å². The highest BCUT2D eigenvalue weighted by molar-refractivity contribution is 9.10. The van der Waals surface area contributed by atoms with Gasteiger partial charge >= 0.3 is 0 Å². The van der Waals surface area contributed by atoms with Crippen molar-refractivity contribution in [2.24, 2.45) is 0 Å². The molecule has 0 saturated carbocycles. The van der Waals surface area contributed by atoms with Gasteiger partial charge in [0.15, 0.2) is 0 Å². The molecule has 2 aromatic rings. The summed E-state index contributed by atoms with van der Waals surface area (Å²) in [4.78, 5) is 12.4. The summed E-state index contributed by atoms with van der Waals surface area (Å²) in [5.74, 6) is -0.909. The molecule has 0 N–H and O–H groups in total. The molecule has 19 heavy (non-hydrogen) atoms. The maximum absolute atomic E-state index is 13.4. The zero-order valence-corrected chi connectivity index (χ0v) is 12.7. The molecule has 0 atom stereocenters. The highest BCUT2D eigenvalue weighted by Crippen LogP contribution is 2.24. The van der Waals surface area contributed by atoms with Gasteiger partial charge in [-0.3, -0.25) is 9.48 Å². The predicted molar refractivity (Wildman–Crippen MR) is 75.2 cm³/mol. The Kier molecular flexibility index (Phi) is 4.06. The summed E-state index contributed by atoms with van der Waals surface area (Å²) in [7, 11) is 0. The lowest BCUT2D eigenvalue weighted by molar-refractivity contribution is 0.102. The Morgan fingerprint density at radius 1 is 1.47 bits per heavy atom. The van der Waals surface area contributed by atoms with Crippen LogP contribution in [0.15, 0.2) is 28.9 Å². The van der Waals surface area contributed by atoms with Gasteiger partial charge in [0.2, 0.25) is 5.78 Å². The van der Waals surface area contributed by atoms with Gasteiger partial charge in [0.25, 0.3) is 0 Å². The van der Waals surface area contributed by atoms with Gasteiger partial charge < -0.3 is 0 Å². The second-order valence-electron chi connectivity index (χ2n) is 4.34. The molecule has 100 valence electrons. The Balaban J connectivity index is 2.49. The van der Waals surface area contributed by atoms with Crippen LogP contribution in [-0.4, -0.2) is 15.6 Å². The third-order valence-corrected chi connectivity index (χ3v) is 3.52. The Hall–Kier alpha value is -1.20. The highest BCUT2D eigenvalue weighted by atomic mass is 79.9. The van der Waals surface area contributed by atoms with Crippen molar-refractivity contribution in [2.75, 3.05) is 0 Å². The Morgan fingerprint density at radius 2 is 2.16 bits per heavy atom. The van der Waals surface area contributed by atoms with Crippen LogP contribution >= 0.6 is 27.5 Å². The van der Waals surface area contributed by atoms with Crippen LogP contribution < -0.4 is 0 Å². The second-order valence-corrected chi connectivity index (χ2v) is 5.60. The van der Waals surface area contributed by atoms with Crippen molar-refractivity contribution in [2.45, 2.75) is 19.9 Å². The van der Waals surface area contributed by atoms with Crippen molar-refractivity contribution in [3.63, 3.8) is 0 Å².